The Kier molecular flexibility index (Phi) is 7.31. The molecule has 0 aliphatic carbocycles. The predicted octanol–water partition coefficient (Wildman–Crippen LogP) is 1.15. The molecule has 0 aliphatic rings. The van der Waals surface area contributed by atoms with Gasteiger partial charge in [-0.05, 0) is 19.4 Å². The third kappa shape index (κ3) is 8.16. The Labute approximate surface area is 127 Å². The molecular formula is C15H25NO4S. The van der Waals surface area contributed by atoms with E-state index in [4.69, 9.17) is 4.74 Å². The van der Waals surface area contributed by atoms with Gasteiger partial charge < -0.3 is 15.2 Å². The van der Waals surface area contributed by atoms with E-state index >= 15 is 0 Å². The lowest BCUT2D eigenvalue weighted by atomic mass is 10.1. The van der Waals surface area contributed by atoms with Crippen molar-refractivity contribution in [2.24, 2.45) is 0 Å². The van der Waals surface area contributed by atoms with Crippen molar-refractivity contribution >= 4 is 9.84 Å². The maximum absolute atomic E-state index is 11.1. The Bertz CT molecular complexity index is 504. The maximum Gasteiger partial charge on any atom is 0.148 e. The highest BCUT2D eigenvalue weighted by Crippen LogP contribution is 2.15. The fraction of sp³-hybridized carbons (Fsp3) is 0.600. The molecule has 3 atom stereocenters. The zero-order valence-electron chi connectivity index (χ0n) is 12.8. The summed E-state index contributed by atoms with van der Waals surface area (Å²) in [6, 6.07) is 9.59. The lowest BCUT2D eigenvalue weighted by Crippen LogP contribution is -2.39. The van der Waals surface area contributed by atoms with Crippen LogP contribution in [0.1, 0.15) is 25.5 Å². The van der Waals surface area contributed by atoms with E-state index in [0.717, 1.165) is 5.56 Å². The Hall–Kier alpha value is -0.950. The standard InChI is InChI=1S/C15H25NO4S/c1-12(11-21(3,18)19)16-9-15(17)10-20-13(2)14-7-5-4-6-8-14/h4-8,12-13,15-17H,9-11H2,1-3H3. The van der Waals surface area contributed by atoms with Crippen LogP contribution in [0.3, 0.4) is 0 Å². The van der Waals surface area contributed by atoms with Crippen LogP contribution in [0.5, 0.6) is 0 Å². The number of hydrogen-bond donors (Lipinski definition) is 2. The molecule has 0 saturated heterocycles. The van der Waals surface area contributed by atoms with Crippen molar-refractivity contribution < 1.29 is 18.3 Å². The summed E-state index contributed by atoms with van der Waals surface area (Å²) >= 11 is 0. The topological polar surface area (TPSA) is 75.6 Å². The van der Waals surface area contributed by atoms with Gasteiger partial charge in [0.05, 0.1) is 24.6 Å². The molecule has 120 valence electrons. The van der Waals surface area contributed by atoms with Crippen LogP contribution in [0, 0.1) is 0 Å². The molecule has 0 amide bonds. The van der Waals surface area contributed by atoms with Gasteiger partial charge in [0.25, 0.3) is 0 Å². The zero-order valence-corrected chi connectivity index (χ0v) is 13.6. The highest BCUT2D eigenvalue weighted by Gasteiger charge is 2.13. The Morgan fingerprint density at radius 3 is 2.43 bits per heavy atom. The van der Waals surface area contributed by atoms with E-state index < -0.39 is 15.9 Å². The molecule has 2 N–H and O–H groups in total. The molecule has 0 spiro atoms. The summed E-state index contributed by atoms with van der Waals surface area (Å²) in [4.78, 5) is 0. The molecule has 3 unspecified atom stereocenters. The molecule has 0 bridgehead atoms. The molecule has 1 aromatic rings. The first-order valence-electron chi connectivity index (χ1n) is 7.03. The third-order valence-electron chi connectivity index (χ3n) is 3.06. The monoisotopic (exact) mass is 315 g/mol. The minimum Gasteiger partial charge on any atom is -0.389 e. The molecule has 21 heavy (non-hydrogen) atoms. The maximum atomic E-state index is 11.1. The second-order valence-electron chi connectivity index (χ2n) is 5.44. The molecule has 0 aliphatic heterocycles. The normalized spacial score (nSPS) is 16.4. The van der Waals surface area contributed by atoms with Gasteiger partial charge in [-0.15, -0.1) is 0 Å². The van der Waals surface area contributed by atoms with E-state index in [1.165, 1.54) is 6.26 Å². The lowest BCUT2D eigenvalue weighted by molar-refractivity contribution is -0.00255. The third-order valence-corrected chi connectivity index (χ3v) is 4.17. The van der Waals surface area contributed by atoms with Crippen LogP contribution < -0.4 is 5.32 Å². The van der Waals surface area contributed by atoms with Crippen molar-refractivity contribution in [1.29, 1.82) is 0 Å². The molecule has 1 aromatic carbocycles. The van der Waals surface area contributed by atoms with Gasteiger partial charge in [-0.2, -0.15) is 0 Å². The number of rotatable bonds is 9. The Balaban J connectivity index is 2.26. The summed E-state index contributed by atoms with van der Waals surface area (Å²) in [7, 11) is -3.01. The zero-order chi connectivity index (χ0) is 15.9. The van der Waals surface area contributed by atoms with Crippen LogP contribution in [0.2, 0.25) is 0 Å². The molecule has 6 heteroatoms. The largest absolute Gasteiger partial charge is 0.389 e. The smallest absolute Gasteiger partial charge is 0.148 e. The highest BCUT2D eigenvalue weighted by atomic mass is 32.2. The van der Waals surface area contributed by atoms with Gasteiger partial charge in [0.1, 0.15) is 9.84 Å². The van der Waals surface area contributed by atoms with Gasteiger partial charge in [-0.1, -0.05) is 30.3 Å². The van der Waals surface area contributed by atoms with Crippen molar-refractivity contribution in [3.63, 3.8) is 0 Å². The van der Waals surface area contributed by atoms with Gasteiger partial charge in [0.2, 0.25) is 0 Å². The number of aliphatic hydroxyl groups is 1. The first-order chi connectivity index (χ1) is 9.78. The van der Waals surface area contributed by atoms with E-state index in [-0.39, 0.29) is 24.5 Å². The highest BCUT2D eigenvalue weighted by molar-refractivity contribution is 7.90. The van der Waals surface area contributed by atoms with Crippen molar-refractivity contribution in [3.8, 4) is 0 Å². The number of benzene rings is 1. The second kappa shape index (κ2) is 8.48. The summed E-state index contributed by atoms with van der Waals surface area (Å²) in [5.41, 5.74) is 1.06. The lowest BCUT2D eigenvalue weighted by Gasteiger charge is -2.19. The van der Waals surface area contributed by atoms with E-state index in [1.54, 1.807) is 6.92 Å². The minimum absolute atomic E-state index is 0.0565. The quantitative estimate of drug-likeness (QED) is 0.715. The summed E-state index contributed by atoms with van der Waals surface area (Å²) in [5, 5.41) is 12.8. The van der Waals surface area contributed by atoms with Crippen LogP contribution in [0.4, 0.5) is 0 Å². The van der Waals surface area contributed by atoms with Crippen LogP contribution in [-0.4, -0.2) is 50.8 Å². The fourth-order valence-corrected chi connectivity index (χ4v) is 3.01. The van der Waals surface area contributed by atoms with E-state index in [0.29, 0.717) is 6.54 Å². The van der Waals surface area contributed by atoms with E-state index in [2.05, 4.69) is 5.32 Å². The fourth-order valence-electron chi connectivity index (χ4n) is 1.98. The van der Waals surface area contributed by atoms with Crippen molar-refractivity contribution in [3.05, 3.63) is 35.9 Å². The van der Waals surface area contributed by atoms with Crippen LogP contribution >= 0.6 is 0 Å². The van der Waals surface area contributed by atoms with Crippen molar-refractivity contribution in [1.82, 2.24) is 5.32 Å². The van der Waals surface area contributed by atoms with Crippen LogP contribution in [0.25, 0.3) is 0 Å². The summed E-state index contributed by atoms with van der Waals surface area (Å²) in [6.45, 7) is 4.22. The summed E-state index contributed by atoms with van der Waals surface area (Å²) in [6.07, 6.45) is 0.444. The Morgan fingerprint density at radius 1 is 1.24 bits per heavy atom. The molecule has 0 heterocycles. The van der Waals surface area contributed by atoms with Crippen molar-refractivity contribution in [2.75, 3.05) is 25.2 Å². The first kappa shape index (κ1) is 18.1. The van der Waals surface area contributed by atoms with Gasteiger partial charge in [0.15, 0.2) is 0 Å². The summed E-state index contributed by atoms with van der Waals surface area (Å²) < 4.78 is 27.9. The number of hydrogen-bond acceptors (Lipinski definition) is 5. The molecule has 1 rings (SSSR count). The SMILES string of the molecule is CC(CS(C)(=O)=O)NCC(O)COC(C)c1ccccc1. The number of nitrogens with one attached hydrogen (secondary N) is 1. The molecular weight excluding hydrogens is 290 g/mol. The average molecular weight is 315 g/mol. The van der Waals surface area contributed by atoms with Gasteiger partial charge in [-0.25, -0.2) is 8.42 Å². The number of sulfone groups is 1. The molecule has 0 radical (unpaired) electrons. The van der Waals surface area contributed by atoms with E-state index in [9.17, 15) is 13.5 Å². The predicted molar refractivity (Wildman–Crippen MR) is 84.0 cm³/mol. The minimum atomic E-state index is -3.01. The molecule has 0 aromatic heterocycles. The Morgan fingerprint density at radius 2 is 1.86 bits per heavy atom. The average Bonchev–Trinajstić information content (AvgIpc) is 2.41. The van der Waals surface area contributed by atoms with Crippen molar-refractivity contribution in [2.45, 2.75) is 32.1 Å². The molecule has 0 saturated carbocycles. The van der Waals surface area contributed by atoms with E-state index in [1.807, 2.05) is 37.3 Å². The van der Waals surface area contributed by atoms with Gasteiger partial charge in [-0.3, -0.25) is 0 Å². The van der Waals surface area contributed by atoms with Crippen LogP contribution in [-0.2, 0) is 14.6 Å². The second-order valence-corrected chi connectivity index (χ2v) is 7.63. The molecule has 5 nitrogen and oxygen atoms in total. The van der Waals surface area contributed by atoms with Gasteiger partial charge >= 0.3 is 0 Å². The number of ether oxygens (including phenoxy) is 1. The number of aliphatic hydroxyl groups excluding tert-OH is 1. The molecule has 0 fully saturated rings. The summed E-state index contributed by atoms with van der Waals surface area (Å²) in [5.74, 6) is 0.0565. The van der Waals surface area contributed by atoms with Crippen LogP contribution in [0.15, 0.2) is 30.3 Å². The van der Waals surface area contributed by atoms with Gasteiger partial charge in [0, 0.05) is 18.8 Å². The first-order valence-corrected chi connectivity index (χ1v) is 9.09.